The number of carbonyl (C=O) groups is 1. The molecule has 2 rings (SSSR count). The Kier molecular flexibility index (Phi) is 6.21. The molecule has 1 atom stereocenters. The maximum atomic E-state index is 12.5. The summed E-state index contributed by atoms with van der Waals surface area (Å²) in [5.41, 5.74) is 0.510. The molecule has 6 heteroatoms. The van der Waals surface area contributed by atoms with Crippen molar-refractivity contribution in [2.75, 3.05) is 13.2 Å². The number of aryl methyl sites for hydroxylation is 1. The summed E-state index contributed by atoms with van der Waals surface area (Å²) in [5.74, 6) is 0.684. The smallest absolute Gasteiger partial charge is 0.256 e. The van der Waals surface area contributed by atoms with Crippen LogP contribution in [0.25, 0.3) is 5.88 Å². The number of nitriles is 1. The van der Waals surface area contributed by atoms with Gasteiger partial charge >= 0.3 is 0 Å². The van der Waals surface area contributed by atoms with Crippen LogP contribution in [0.1, 0.15) is 47.9 Å². The molecule has 0 aliphatic heterocycles. The van der Waals surface area contributed by atoms with Crippen LogP contribution in [0.5, 0.6) is 0 Å². The second-order valence-electron chi connectivity index (χ2n) is 5.79. The predicted molar refractivity (Wildman–Crippen MR) is 89.9 cm³/mol. The number of amides is 1. The minimum Gasteiger partial charge on any atom is -0.443 e. The predicted octanol–water partition coefficient (Wildman–Crippen LogP) is 2.78. The number of hydrogen-bond donors (Lipinski definition) is 2. The van der Waals surface area contributed by atoms with Crippen LogP contribution in [-0.4, -0.2) is 28.7 Å². The minimum atomic E-state index is -0.315. The lowest BCUT2D eigenvalue weighted by atomic mass is 10.00. The number of aliphatic hydroxyl groups is 1. The molecule has 24 heavy (non-hydrogen) atoms. The summed E-state index contributed by atoms with van der Waals surface area (Å²) in [5, 5.41) is 21.4. The Balaban J connectivity index is 2.19. The van der Waals surface area contributed by atoms with Crippen molar-refractivity contribution in [3.63, 3.8) is 0 Å². The molecule has 2 aromatic rings. The molecule has 0 aliphatic carbocycles. The number of aromatic nitrogens is 1. The van der Waals surface area contributed by atoms with E-state index in [0.29, 0.717) is 24.6 Å². The topological polar surface area (TPSA) is 91.2 Å². The van der Waals surface area contributed by atoms with Gasteiger partial charge in [-0.25, -0.2) is 0 Å². The molecule has 0 saturated carbocycles. The first-order valence-corrected chi connectivity index (χ1v) is 8.18. The van der Waals surface area contributed by atoms with Crippen molar-refractivity contribution in [3.8, 4) is 12.0 Å². The Bertz CT molecular complexity index is 705. The largest absolute Gasteiger partial charge is 0.443 e. The summed E-state index contributed by atoms with van der Waals surface area (Å²) in [4.78, 5) is 12.5. The molecule has 0 saturated heterocycles. The van der Waals surface area contributed by atoms with Gasteiger partial charge in [0.25, 0.3) is 5.91 Å². The summed E-state index contributed by atoms with van der Waals surface area (Å²) < 4.78 is 7.32. The standard InChI is InChI=1S/C18H23N3O3/c1-3-6-14(7-10-22)12-20-17(23)16-13(2)24-18(15(16)11-19)21-8-4-5-9-21/h4-5,8-9,14,22H,3,6-7,10,12H2,1-2H3,(H,20,23). The quantitative estimate of drug-likeness (QED) is 0.779. The van der Waals surface area contributed by atoms with Crippen LogP contribution in [0.15, 0.2) is 28.9 Å². The number of aliphatic hydroxyl groups excluding tert-OH is 1. The summed E-state index contributed by atoms with van der Waals surface area (Å²) in [6.07, 6.45) is 6.11. The van der Waals surface area contributed by atoms with Crippen molar-refractivity contribution in [2.45, 2.75) is 33.1 Å². The van der Waals surface area contributed by atoms with Crippen LogP contribution in [0, 0.1) is 24.2 Å². The number of rotatable bonds is 8. The van der Waals surface area contributed by atoms with Gasteiger partial charge in [-0.15, -0.1) is 0 Å². The van der Waals surface area contributed by atoms with Crippen LogP contribution in [0.3, 0.4) is 0 Å². The lowest BCUT2D eigenvalue weighted by molar-refractivity contribution is 0.0941. The fourth-order valence-corrected chi connectivity index (χ4v) is 2.82. The van der Waals surface area contributed by atoms with Crippen molar-refractivity contribution < 1.29 is 14.3 Å². The fourth-order valence-electron chi connectivity index (χ4n) is 2.82. The van der Waals surface area contributed by atoms with Crippen LogP contribution < -0.4 is 5.32 Å². The molecule has 1 unspecified atom stereocenters. The van der Waals surface area contributed by atoms with Crippen molar-refractivity contribution in [1.82, 2.24) is 9.88 Å². The lowest BCUT2D eigenvalue weighted by Gasteiger charge is -2.15. The van der Waals surface area contributed by atoms with Gasteiger partial charge in [-0.1, -0.05) is 13.3 Å². The zero-order valence-corrected chi connectivity index (χ0v) is 14.1. The highest BCUT2D eigenvalue weighted by atomic mass is 16.4. The van der Waals surface area contributed by atoms with E-state index in [1.807, 2.05) is 12.1 Å². The molecule has 0 aliphatic rings. The first kappa shape index (κ1) is 17.8. The van der Waals surface area contributed by atoms with Crippen LogP contribution >= 0.6 is 0 Å². The van der Waals surface area contributed by atoms with Gasteiger partial charge in [-0.2, -0.15) is 5.26 Å². The van der Waals surface area contributed by atoms with E-state index < -0.39 is 0 Å². The van der Waals surface area contributed by atoms with Gasteiger partial charge in [-0.3, -0.25) is 9.36 Å². The number of nitrogens with zero attached hydrogens (tertiary/aromatic N) is 2. The summed E-state index contributed by atoms with van der Waals surface area (Å²) in [6.45, 7) is 4.33. The molecule has 1 amide bonds. The molecule has 6 nitrogen and oxygen atoms in total. The van der Waals surface area contributed by atoms with Crippen molar-refractivity contribution in [1.29, 1.82) is 5.26 Å². The van der Waals surface area contributed by atoms with E-state index in [0.717, 1.165) is 12.8 Å². The zero-order chi connectivity index (χ0) is 17.5. The highest BCUT2D eigenvalue weighted by Crippen LogP contribution is 2.25. The third-order valence-corrected chi connectivity index (χ3v) is 4.03. The molecule has 128 valence electrons. The van der Waals surface area contributed by atoms with E-state index in [1.165, 1.54) is 0 Å². The molecular weight excluding hydrogens is 306 g/mol. The van der Waals surface area contributed by atoms with E-state index in [1.54, 1.807) is 23.9 Å². The van der Waals surface area contributed by atoms with Crippen molar-refractivity contribution in [3.05, 3.63) is 41.4 Å². The Hall–Kier alpha value is -2.52. The first-order chi connectivity index (χ1) is 11.6. The number of hydrogen-bond acceptors (Lipinski definition) is 4. The van der Waals surface area contributed by atoms with Gasteiger partial charge in [0.15, 0.2) is 0 Å². The van der Waals surface area contributed by atoms with Crippen molar-refractivity contribution >= 4 is 5.91 Å². The molecule has 2 N–H and O–H groups in total. The zero-order valence-electron chi connectivity index (χ0n) is 14.1. The molecule has 0 aromatic carbocycles. The maximum Gasteiger partial charge on any atom is 0.256 e. The molecule has 2 aromatic heterocycles. The maximum absolute atomic E-state index is 12.5. The number of furan rings is 1. The third-order valence-electron chi connectivity index (χ3n) is 4.03. The van der Waals surface area contributed by atoms with E-state index >= 15 is 0 Å². The van der Waals surface area contributed by atoms with Crippen molar-refractivity contribution in [2.24, 2.45) is 5.92 Å². The van der Waals surface area contributed by atoms with Gasteiger partial charge in [0.2, 0.25) is 5.88 Å². The van der Waals surface area contributed by atoms with Crippen LogP contribution in [-0.2, 0) is 0 Å². The fraction of sp³-hybridized carbons (Fsp3) is 0.444. The highest BCUT2D eigenvalue weighted by molar-refractivity contribution is 5.98. The summed E-state index contributed by atoms with van der Waals surface area (Å²) in [7, 11) is 0. The molecule has 0 radical (unpaired) electrons. The average molecular weight is 329 g/mol. The van der Waals surface area contributed by atoms with E-state index in [-0.39, 0.29) is 29.6 Å². The lowest BCUT2D eigenvalue weighted by Crippen LogP contribution is -2.30. The Morgan fingerprint density at radius 2 is 2.12 bits per heavy atom. The van der Waals surface area contributed by atoms with Gasteiger partial charge in [0.1, 0.15) is 23.0 Å². The van der Waals surface area contributed by atoms with Gasteiger partial charge < -0.3 is 14.8 Å². The molecule has 2 heterocycles. The van der Waals surface area contributed by atoms with Gasteiger partial charge in [-0.05, 0) is 37.8 Å². The molecule has 0 spiro atoms. The van der Waals surface area contributed by atoms with Crippen LogP contribution in [0.4, 0.5) is 0 Å². The van der Waals surface area contributed by atoms with E-state index in [4.69, 9.17) is 9.52 Å². The van der Waals surface area contributed by atoms with Gasteiger partial charge in [0.05, 0.1) is 0 Å². The van der Waals surface area contributed by atoms with Crippen LogP contribution in [0.2, 0.25) is 0 Å². The highest BCUT2D eigenvalue weighted by Gasteiger charge is 2.24. The Labute approximate surface area is 141 Å². The normalized spacial score (nSPS) is 11.9. The average Bonchev–Trinajstić information content (AvgIpc) is 3.19. The molecule has 0 fully saturated rings. The minimum absolute atomic E-state index is 0.104. The van der Waals surface area contributed by atoms with E-state index in [2.05, 4.69) is 18.3 Å². The second kappa shape index (κ2) is 8.37. The van der Waals surface area contributed by atoms with Gasteiger partial charge in [0, 0.05) is 25.5 Å². The monoisotopic (exact) mass is 329 g/mol. The second-order valence-corrected chi connectivity index (χ2v) is 5.79. The Morgan fingerprint density at radius 3 is 2.71 bits per heavy atom. The number of carbonyl (C=O) groups excluding carboxylic acids is 1. The first-order valence-electron chi connectivity index (χ1n) is 8.18. The summed E-state index contributed by atoms with van der Waals surface area (Å²) in [6, 6.07) is 5.72. The molecular formula is C18H23N3O3. The summed E-state index contributed by atoms with van der Waals surface area (Å²) >= 11 is 0. The SMILES string of the molecule is CCCC(CCO)CNC(=O)c1c(C)oc(-n2cccc2)c1C#N. The molecule has 0 bridgehead atoms. The third kappa shape index (κ3) is 3.87. The van der Waals surface area contributed by atoms with E-state index in [9.17, 15) is 10.1 Å². The number of nitrogens with one attached hydrogen (secondary N) is 1. The Morgan fingerprint density at radius 1 is 1.42 bits per heavy atom.